The second kappa shape index (κ2) is 9.98. The number of rotatable bonds is 8. The van der Waals surface area contributed by atoms with Gasteiger partial charge >= 0.3 is 6.61 Å². The second-order valence-corrected chi connectivity index (χ2v) is 11.1. The van der Waals surface area contributed by atoms with Crippen LogP contribution in [-0.2, 0) is 19.9 Å². The molecule has 3 fully saturated rings. The van der Waals surface area contributed by atoms with E-state index in [2.05, 4.69) is 16.7 Å². The van der Waals surface area contributed by atoms with Crippen molar-refractivity contribution in [1.29, 1.82) is 5.26 Å². The number of nitriles is 1. The van der Waals surface area contributed by atoms with Crippen molar-refractivity contribution in [2.24, 2.45) is 0 Å². The van der Waals surface area contributed by atoms with Gasteiger partial charge in [-0.25, -0.2) is 0 Å². The third-order valence-electron chi connectivity index (χ3n) is 8.28. The predicted molar refractivity (Wildman–Crippen MR) is 140 cm³/mol. The van der Waals surface area contributed by atoms with Gasteiger partial charge in [0.25, 0.3) is 5.91 Å². The molecule has 2 heterocycles. The lowest BCUT2D eigenvalue weighted by atomic mass is 9.80. The molecule has 3 aromatic rings. The molecular weight excluding hydrogens is 520 g/mol. The summed E-state index contributed by atoms with van der Waals surface area (Å²) in [7, 11) is 0. The van der Waals surface area contributed by atoms with E-state index < -0.39 is 29.2 Å². The first-order valence-electron chi connectivity index (χ1n) is 13.5. The minimum Gasteiger partial charge on any atom is -0.451 e. The van der Waals surface area contributed by atoms with Crippen molar-refractivity contribution in [3.8, 4) is 17.2 Å². The van der Waals surface area contributed by atoms with E-state index >= 15 is 0 Å². The number of amides is 2. The normalized spacial score (nSPS) is 20.4. The fourth-order valence-electron chi connectivity index (χ4n) is 5.62. The summed E-state index contributed by atoms with van der Waals surface area (Å²) in [5, 5.41) is 16.0. The van der Waals surface area contributed by atoms with Crippen LogP contribution in [0.15, 0.2) is 52.9 Å². The molecule has 8 nitrogen and oxygen atoms in total. The Kier molecular flexibility index (Phi) is 6.59. The molecule has 2 aliphatic carbocycles. The molecular formula is C30H29F2N3O5. The smallest absolute Gasteiger partial charge is 0.346 e. The van der Waals surface area contributed by atoms with Crippen LogP contribution in [0.4, 0.5) is 8.78 Å². The first kappa shape index (κ1) is 26.4. The molecule has 10 heteroatoms. The van der Waals surface area contributed by atoms with E-state index in [-0.39, 0.29) is 24.9 Å². The number of hydrogen-bond donors (Lipinski definition) is 2. The lowest BCUT2D eigenvalue weighted by Gasteiger charge is -2.41. The van der Waals surface area contributed by atoms with Crippen molar-refractivity contribution in [2.75, 3.05) is 13.2 Å². The van der Waals surface area contributed by atoms with E-state index in [0.29, 0.717) is 36.8 Å². The summed E-state index contributed by atoms with van der Waals surface area (Å²) in [5.74, 6) is -0.693. The standard InChI is InChI=1S/C30H29F2N3O5/c31-27(32)40-30(17-38-18-30)22-8-6-19(7-9-22)20-4-5-21-15-24(39-23(21)14-20)25(36)34-29(10-2-1-3-11-29)26(37)35-28(16-33)12-13-28/h4-9,14-15,27H,1-3,10-13,17-18H2,(H,34,36)(H,35,37). The molecule has 3 aliphatic rings. The highest BCUT2D eigenvalue weighted by Gasteiger charge is 2.50. The summed E-state index contributed by atoms with van der Waals surface area (Å²) >= 11 is 0. The maximum Gasteiger partial charge on any atom is 0.346 e. The number of alkyl halides is 2. The van der Waals surface area contributed by atoms with E-state index in [9.17, 15) is 23.6 Å². The average molecular weight is 550 g/mol. The van der Waals surface area contributed by atoms with Crippen LogP contribution in [0, 0.1) is 11.3 Å². The van der Waals surface area contributed by atoms with Gasteiger partial charge in [0.15, 0.2) is 5.76 Å². The van der Waals surface area contributed by atoms with Gasteiger partial charge in [0.2, 0.25) is 5.91 Å². The summed E-state index contributed by atoms with van der Waals surface area (Å²) in [4.78, 5) is 26.6. The molecule has 2 amide bonds. The van der Waals surface area contributed by atoms with Crippen molar-refractivity contribution >= 4 is 22.8 Å². The number of carbonyl (C=O) groups is 2. The Morgan fingerprint density at radius 3 is 2.23 bits per heavy atom. The molecule has 0 spiro atoms. The summed E-state index contributed by atoms with van der Waals surface area (Å²) in [6, 6.07) is 16.5. The minimum atomic E-state index is -2.90. The number of furan rings is 1. The Balaban J connectivity index is 1.20. The highest BCUT2D eigenvalue weighted by atomic mass is 19.3. The van der Waals surface area contributed by atoms with E-state index in [1.165, 1.54) is 0 Å². The first-order chi connectivity index (χ1) is 19.3. The van der Waals surface area contributed by atoms with Crippen molar-refractivity contribution < 1.29 is 32.3 Å². The number of fused-ring (bicyclic) bond motifs is 1. The van der Waals surface area contributed by atoms with Crippen LogP contribution in [0.3, 0.4) is 0 Å². The van der Waals surface area contributed by atoms with Crippen LogP contribution < -0.4 is 10.6 Å². The monoisotopic (exact) mass is 549 g/mol. The van der Waals surface area contributed by atoms with Gasteiger partial charge in [-0.3, -0.25) is 9.59 Å². The van der Waals surface area contributed by atoms with Crippen LogP contribution in [-0.4, -0.2) is 42.7 Å². The fraction of sp³-hybridized carbons (Fsp3) is 0.433. The van der Waals surface area contributed by atoms with Gasteiger partial charge in [-0.1, -0.05) is 55.7 Å². The van der Waals surface area contributed by atoms with Crippen molar-refractivity contribution in [2.45, 2.75) is 68.2 Å². The summed E-state index contributed by atoms with van der Waals surface area (Å²) in [6.45, 7) is -2.75. The van der Waals surface area contributed by atoms with Crippen molar-refractivity contribution in [1.82, 2.24) is 10.6 Å². The maximum atomic E-state index is 13.3. The summed E-state index contributed by atoms with van der Waals surface area (Å²) < 4.78 is 41.7. The second-order valence-electron chi connectivity index (χ2n) is 11.1. The lowest BCUT2D eigenvalue weighted by molar-refractivity contribution is -0.293. The van der Waals surface area contributed by atoms with Crippen LogP contribution in [0.25, 0.3) is 22.1 Å². The third kappa shape index (κ3) is 4.84. The summed E-state index contributed by atoms with van der Waals surface area (Å²) in [6.07, 6.45) is 4.83. The molecule has 2 aromatic carbocycles. The number of carbonyl (C=O) groups excluding carboxylic acids is 2. The van der Waals surface area contributed by atoms with Gasteiger partial charge in [-0.05, 0) is 54.5 Å². The first-order valence-corrected chi connectivity index (χ1v) is 13.5. The Hall–Kier alpha value is -3.81. The average Bonchev–Trinajstić information content (AvgIpc) is 3.58. The van der Waals surface area contributed by atoms with Crippen LogP contribution >= 0.6 is 0 Å². The van der Waals surface area contributed by atoms with Gasteiger partial charge in [0, 0.05) is 5.39 Å². The Morgan fingerprint density at radius 2 is 1.62 bits per heavy atom. The molecule has 1 aromatic heterocycles. The molecule has 40 heavy (non-hydrogen) atoms. The van der Waals surface area contributed by atoms with E-state index in [0.717, 1.165) is 35.8 Å². The fourth-order valence-corrected chi connectivity index (χ4v) is 5.62. The Morgan fingerprint density at radius 1 is 0.925 bits per heavy atom. The van der Waals surface area contributed by atoms with Crippen LogP contribution in [0.2, 0.25) is 0 Å². The third-order valence-corrected chi connectivity index (χ3v) is 8.28. The zero-order valence-electron chi connectivity index (χ0n) is 21.8. The zero-order chi connectivity index (χ0) is 28.0. The maximum absolute atomic E-state index is 13.3. The minimum absolute atomic E-state index is 0.0715. The van der Waals surface area contributed by atoms with Gasteiger partial charge in [0.05, 0.1) is 19.3 Å². The molecule has 2 saturated carbocycles. The van der Waals surface area contributed by atoms with Gasteiger partial charge < -0.3 is 24.5 Å². The van der Waals surface area contributed by atoms with Crippen molar-refractivity contribution in [3.63, 3.8) is 0 Å². The molecule has 0 atom stereocenters. The molecule has 0 bridgehead atoms. The largest absolute Gasteiger partial charge is 0.451 e. The number of benzene rings is 2. The van der Waals surface area contributed by atoms with E-state index in [1.54, 1.807) is 18.2 Å². The van der Waals surface area contributed by atoms with Crippen LogP contribution in [0.5, 0.6) is 0 Å². The molecule has 2 N–H and O–H groups in total. The highest BCUT2D eigenvalue weighted by molar-refractivity contribution is 6.00. The SMILES string of the molecule is N#CC1(NC(=O)C2(NC(=O)c3cc4ccc(-c5ccc(C6(OC(F)F)COC6)cc5)cc4o3)CCCCC2)CC1. The number of ether oxygens (including phenoxy) is 2. The number of nitrogens with one attached hydrogen (secondary N) is 2. The predicted octanol–water partition coefficient (Wildman–Crippen LogP) is 5.17. The molecule has 6 rings (SSSR count). The van der Waals surface area contributed by atoms with Gasteiger partial charge in [0.1, 0.15) is 22.3 Å². The Labute approximate surface area is 229 Å². The van der Waals surface area contributed by atoms with E-state index in [1.807, 2.05) is 30.3 Å². The topological polar surface area (TPSA) is 114 Å². The van der Waals surface area contributed by atoms with E-state index in [4.69, 9.17) is 13.9 Å². The van der Waals surface area contributed by atoms with Crippen LogP contribution in [0.1, 0.15) is 61.1 Å². The zero-order valence-corrected chi connectivity index (χ0v) is 21.8. The molecule has 1 aliphatic heterocycles. The number of nitrogens with zero attached hydrogens (tertiary/aromatic N) is 1. The van der Waals surface area contributed by atoms with Crippen molar-refractivity contribution in [3.05, 3.63) is 59.9 Å². The number of hydrogen-bond acceptors (Lipinski definition) is 6. The molecule has 0 radical (unpaired) electrons. The quantitative estimate of drug-likeness (QED) is 0.401. The summed E-state index contributed by atoms with van der Waals surface area (Å²) in [5.41, 5.74) is -0.259. The Bertz CT molecular complexity index is 1480. The van der Waals surface area contributed by atoms with Gasteiger partial charge in [-0.2, -0.15) is 14.0 Å². The lowest BCUT2D eigenvalue weighted by Crippen LogP contribution is -2.61. The number of halogens is 2. The highest BCUT2D eigenvalue weighted by Crippen LogP contribution is 2.38. The van der Waals surface area contributed by atoms with Gasteiger partial charge in [-0.15, -0.1) is 0 Å². The molecule has 1 saturated heterocycles. The molecule has 208 valence electrons. The molecule has 0 unspecified atom stereocenters.